The Morgan fingerprint density at radius 3 is 2.65 bits per heavy atom. The van der Waals surface area contributed by atoms with Gasteiger partial charge in [-0.15, -0.1) is 0 Å². The van der Waals surface area contributed by atoms with E-state index in [9.17, 15) is 9.59 Å². The van der Waals surface area contributed by atoms with Crippen molar-refractivity contribution in [3.63, 3.8) is 0 Å². The number of benzene rings is 2. The summed E-state index contributed by atoms with van der Waals surface area (Å²) in [6.45, 7) is 4.14. The van der Waals surface area contributed by atoms with E-state index in [-0.39, 0.29) is 18.2 Å². The van der Waals surface area contributed by atoms with Crippen LogP contribution in [0.3, 0.4) is 0 Å². The molecule has 0 saturated heterocycles. The lowest BCUT2D eigenvalue weighted by Crippen LogP contribution is -2.49. The third kappa shape index (κ3) is 4.17. The Labute approximate surface area is 180 Å². The number of aryl methyl sites for hydroxylation is 2. The normalized spacial score (nSPS) is 15.3. The molecule has 0 saturated carbocycles. The Hall–Kier alpha value is -3.61. The highest BCUT2D eigenvalue weighted by Gasteiger charge is 2.38. The molecule has 1 aliphatic heterocycles. The molecule has 31 heavy (non-hydrogen) atoms. The lowest BCUT2D eigenvalue weighted by Gasteiger charge is -2.34. The van der Waals surface area contributed by atoms with Gasteiger partial charge in [-0.3, -0.25) is 4.79 Å². The summed E-state index contributed by atoms with van der Waals surface area (Å²) in [5, 5.41) is 4.00. The predicted molar refractivity (Wildman–Crippen MR) is 113 cm³/mol. The molecule has 0 bridgehead atoms. The minimum atomic E-state index is -0.727. The summed E-state index contributed by atoms with van der Waals surface area (Å²) in [6.07, 6.45) is 0.389. The summed E-state index contributed by atoms with van der Waals surface area (Å²) in [5.41, 5.74) is 3.81. The molecule has 0 spiro atoms. The first-order chi connectivity index (χ1) is 15.0. The fourth-order valence-corrected chi connectivity index (χ4v) is 3.81. The highest BCUT2D eigenvalue weighted by atomic mass is 16.5. The van der Waals surface area contributed by atoms with Crippen LogP contribution in [0, 0.1) is 13.8 Å². The maximum Gasteiger partial charge on any atom is 0.328 e. The number of carbonyl (C=O) groups is 2. The summed E-state index contributed by atoms with van der Waals surface area (Å²) in [5.74, 6) is 0.353. The number of hydrogen-bond donors (Lipinski definition) is 0. The van der Waals surface area contributed by atoms with Gasteiger partial charge < -0.3 is 18.9 Å². The van der Waals surface area contributed by atoms with Crippen molar-refractivity contribution in [1.82, 2.24) is 10.1 Å². The Balaban J connectivity index is 1.61. The molecule has 7 heteroatoms. The lowest BCUT2D eigenvalue weighted by molar-refractivity contribution is -0.146. The Morgan fingerprint density at radius 2 is 1.90 bits per heavy atom. The monoisotopic (exact) mass is 420 g/mol. The first-order valence-corrected chi connectivity index (χ1v) is 10.1. The zero-order valence-electron chi connectivity index (χ0n) is 17.8. The van der Waals surface area contributed by atoms with Crippen LogP contribution >= 0.6 is 0 Å². The molecule has 0 N–H and O–H groups in total. The van der Waals surface area contributed by atoms with Gasteiger partial charge >= 0.3 is 5.97 Å². The van der Waals surface area contributed by atoms with Crippen LogP contribution in [0.5, 0.6) is 5.75 Å². The molecule has 2 aromatic carbocycles. The van der Waals surface area contributed by atoms with Gasteiger partial charge in [0.15, 0.2) is 5.69 Å². The molecule has 4 rings (SSSR count). The second kappa shape index (κ2) is 8.63. The van der Waals surface area contributed by atoms with Gasteiger partial charge in [-0.1, -0.05) is 41.6 Å². The van der Waals surface area contributed by atoms with Gasteiger partial charge in [-0.2, -0.15) is 0 Å². The number of esters is 1. The average molecular weight is 420 g/mol. The zero-order chi connectivity index (χ0) is 22.0. The van der Waals surface area contributed by atoms with Crippen LogP contribution in [0.15, 0.2) is 53.1 Å². The number of carbonyl (C=O) groups excluding carboxylic acids is 2. The van der Waals surface area contributed by atoms with E-state index in [1.54, 1.807) is 6.92 Å². The van der Waals surface area contributed by atoms with E-state index in [2.05, 4.69) is 5.16 Å². The number of aromatic nitrogens is 1. The van der Waals surface area contributed by atoms with Gasteiger partial charge in [0.2, 0.25) is 0 Å². The van der Waals surface area contributed by atoms with Crippen LogP contribution in [0.1, 0.15) is 38.5 Å². The molecule has 1 unspecified atom stereocenters. The van der Waals surface area contributed by atoms with Crippen molar-refractivity contribution in [2.24, 2.45) is 0 Å². The molecule has 2 heterocycles. The van der Waals surface area contributed by atoms with E-state index in [0.717, 1.165) is 16.7 Å². The van der Waals surface area contributed by atoms with Crippen LogP contribution in [-0.2, 0) is 29.1 Å². The van der Waals surface area contributed by atoms with Crippen molar-refractivity contribution in [2.45, 2.75) is 39.5 Å². The van der Waals surface area contributed by atoms with Gasteiger partial charge in [0, 0.05) is 13.0 Å². The molecule has 1 aliphatic rings. The number of amides is 1. The quantitative estimate of drug-likeness (QED) is 0.587. The van der Waals surface area contributed by atoms with Crippen molar-refractivity contribution in [1.29, 1.82) is 0 Å². The third-order valence-electron chi connectivity index (χ3n) is 5.54. The van der Waals surface area contributed by atoms with Gasteiger partial charge in [0.25, 0.3) is 5.91 Å². The smallest absolute Gasteiger partial charge is 0.328 e. The molecule has 1 aromatic heterocycles. The van der Waals surface area contributed by atoms with Crippen LogP contribution in [-0.4, -0.2) is 35.1 Å². The van der Waals surface area contributed by atoms with Crippen LogP contribution in [0.25, 0.3) is 0 Å². The van der Waals surface area contributed by atoms with E-state index in [0.29, 0.717) is 30.0 Å². The van der Waals surface area contributed by atoms with E-state index in [4.69, 9.17) is 14.0 Å². The van der Waals surface area contributed by atoms with Gasteiger partial charge in [-0.05, 0) is 42.7 Å². The maximum absolute atomic E-state index is 13.5. The number of fused-ring (bicyclic) bond motifs is 1. The summed E-state index contributed by atoms with van der Waals surface area (Å²) in [6, 6.07) is 14.7. The molecule has 1 atom stereocenters. The first-order valence-electron chi connectivity index (χ1n) is 10.1. The van der Waals surface area contributed by atoms with Gasteiger partial charge in [0.1, 0.15) is 24.2 Å². The van der Waals surface area contributed by atoms with E-state index in [1.807, 2.05) is 55.5 Å². The van der Waals surface area contributed by atoms with Crippen molar-refractivity contribution in [3.05, 3.63) is 82.2 Å². The Morgan fingerprint density at radius 1 is 1.13 bits per heavy atom. The molecule has 3 aromatic rings. The largest absolute Gasteiger partial charge is 0.489 e. The number of hydrogen-bond acceptors (Lipinski definition) is 6. The minimum Gasteiger partial charge on any atom is -0.489 e. The summed E-state index contributed by atoms with van der Waals surface area (Å²) >= 11 is 0. The van der Waals surface area contributed by atoms with Crippen molar-refractivity contribution in [2.75, 3.05) is 7.11 Å². The van der Waals surface area contributed by atoms with Gasteiger partial charge in [0.05, 0.1) is 12.7 Å². The second-order valence-corrected chi connectivity index (χ2v) is 7.62. The molecule has 0 fully saturated rings. The second-order valence-electron chi connectivity index (χ2n) is 7.62. The van der Waals surface area contributed by atoms with Crippen molar-refractivity contribution >= 4 is 11.9 Å². The molecule has 0 radical (unpaired) electrons. The minimum absolute atomic E-state index is 0.132. The lowest BCUT2D eigenvalue weighted by atomic mass is 9.93. The molecule has 7 nitrogen and oxygen atoms in total. The number of nitrogens with zero attached hydrogens (tertiary/aromatic N) is 2. The summed E-state index contributed by atoms with van der Waals surface area (Å²) in [7, 11) is 1.33. The molecule has 0 aliphatic carbocycles. The molecule has 1 amide bonds. The number of ether oxygens (including phenoxy) is 2. The average Bonchev–Trinajstić information content (AvgIpc) is 3.16. The molecular weight excluding hydrogens is 396 g/mol. The Kier molecular flexibility index (Phi) is 5.75. The highest BCUT2D eigenvalue weighted by Crippen LogP contribution is 2.27. The number of methoxy groups -OCH3 is 1. The summed E-state index contributed by atoms with van der Waals surface area (Å²) in [4.78, 5) is 27.5. The van der Waals surface area contributed by atoms with E-state index >= 15 is 0 Å². The first kappa shape index (κ1) is 20.7. The van der Waals surface area contributed by atoms with Crippen LogP contribution in [0.4, 0.5) is 0 Å². The van der Waals surface area contributed by atoms with Crippen LogP contribution in [0.2, 0.25) is 0 Å². The Bertz CT molecular complexity index is 1120. The maximum atomic E-state index is 13.5. The fraction of sp³-hybridized carbons (Fsp3) is 0.292. The number of rotatable bonds is 5. The fourth-order valence-electron chi connectivity index (χ4n) is 3.81. The van der Waals surface area contributed by atoms with E-state index in [1.165, 1.54) is 12.0 Å². The molecular formula is C24H24N2O5. The molecule has 160 valence electrons. The zero-order valence-corrected chi connectivity index (χ0v) is 17.8. The topological polar surface area (TPSA) is 81.9 Å². The highest BCUT2D eigenvalue weighted by molar-refractivity contribution is 5.96. The van der Waals surface area contributed by atoms with Crippen molar-refractivity contribution < 1.29 is 23.6 Å². The van der Waals surface area contributed by atoms with E-state index < -0.39 is 12.0 Å². The third-order valence-corrected chi connectivity index (χ3v) is 5.54. The predicted octanol–water partition coefficient (Wildman–Crippen LogP) is 3.61. The van der Waals surface area contributed by atoms with Gasteiger partial charge in [-0.25, -0.2) is 4.79 Å². The summed E-state index contributed by atoms with van der Waals surface area (Å²) < 4.78 is 16.2. The van der Waals surface area contributed by atoms with Crippen molar-refractivity contribution in [3.8, 4) is 5.75 Å². The standard InChI is InChI=1S/C24H24N2O5/c1-15-7-6-10-19(11-15)30-14-20-16(2)31-25-22(20)23(27)26-13-18-9-5-4-8-17(18)12-21(26)24(28)29-3/h4-11,21H,12-14H2,1-3H3. The SMILES string of the molecule is COC(=O)C1Cc2ccccc2CN1C(=O)c1noc(C)c1COc1cccc(C)c1. The van der Waals surface area contributed by atoms with Crippen LogP contribution < -0.4 is 4.74 Å².